The summed E-state index contributed by atoms with van der Waals surface area (Å²) in [6.07, 6.45) is 2.17. The van der Waals surface area contributed by atoms with Crippen molar-refractivity contribution in [2.75, 3.05) is 6.79 Å². The quantitative estimate of drug-likeness (QED) is 0.867. The van der Waals surface area contributed by atoms with Crippen molar-refractivity contribution in [3.05, 3.63) is 59.2 Å². The molecule has 1 aliphatic heterocycles. The van der Waals surface area contributed by atoms with Gasteiger partial charge in [-0.2, -0.15) is 0 Å². The lowest BCUT2D eigenvalue weighted by Gasteiger charge is -2.23. The van der Waals surface area contributed by atoms with Crippen LogP contribution in [0.2, 0.25) is 0 Å². The van der Waals surface area contributed by atoms with Crippen molar-refractivity contribution in [1.29, 1.82) is 0 Å². The molecule has 0 bridgehead atoms. The van der Waals surface area contributed by atoms with Gasteiger partial charge in [0.1, 0.15) is 0 Å². The molecule has 2 aromatic rings. The minimum Gasteiger partial charge on any atom is -0.454 e. The van der Waals surface area contributed by atoms with E-state index < -0.39 is 0 Å². The Balaban J connectivity index is 1.59. The van der Waals surface area contributed by atoms with Crippen LogP contribution >= 0.6 is 0 Å². The standard InChI is InChI=1S/C19H19NO3/c1-13-4-2-3-5-16(13)19(21)20(15-7-8-15)11-14-6-9-17-18(10-14)23-12-22-17/h2-6,9-10,15H,7-8,11-12H2,1H3. The molecule has 0 saturated heterocycles. The van der Waals surface area contributed by atoms with E-state index in [1.807, 2.05) is 54.3 Å². The Morgan fingerprint density at radius 2 is 1.91 bits per heavy atom. The molecule has 0 spiro atoms. The lowest BCUT2D eigenvalue weighted by atomic mass is 10.1. The fourth-order valence-electron chi connectivity index (χ4n) is 2.96. The molecule has 4 nitrogen and oxygen atoms in total. The van der Waals surface area contributed by atoms with Crippen LogP contribution in [0.15, 0.2) is 42.5 Å². The molecule has 1 amide bonds. The number of nitrogens with zero attached hydrogens (tertiary/aromatic N) is 1. The van der Waals surface area contributed by atoms with Crippen molar-refractivity contribution < 1.29 is 14.3 Å². The van der Waals surface area contributed by atoms with Crippen molar-refractivity contribution in [3.63, 3.8) is 0 Å². The van der Waals surface area contributed by atoms with Crippen LogP contribution in [0.25, 0.3) is 0 Å². The smallest absolute Gasteiger partial charge is 0.254 e. The van der Waals surface area contributed by atoms with Gasteiger partial charge in [0.05, 0.1) is 0 Å². The zero-order valence-corrected chi connectivity index (χ0v) is 13.1. The highest BCUT2D eigenvalue weighted by atomic mass is 16.7. The van der Waals surface area contributed by atoms with E-state index in [1.165, 1.54) is 0 Å². The van der Waals surface area contributed by atoms with Gasteiger partial charge < -0.3 is 14.4 Å². The van der Waals surface area contributed by atoms with Crippen molar-refractivity contribution in [2.45, 2.75) is 32.4 Å². The summed E-state index contributed by atoms with van der Waals surface area (Å²) in [5.41, 5.74) is 2.89. The fourth-order valence-corrected chi connectivity index (χ4v) is 2.96. The van der Waals surface area contributed by atoms with Gasteiger partial charge in [-0.25, -0.2) is 0 Å². The number of carbonyl (C=O) groups is 1. The first-order valence-electron chi connectivity index (χ1n) is 7.97. The van der Waals surface area contributed by atoms with Gasteiger partial charge in [0.15, 0.2) is 11.5 Å². The number of aryl methyl sites for hydroxylation is 1. The second-order valence-electron chi connectivity index (χ2n) is 6.17. The number of hydrogen-bond donors (Lipinski definition) is 0. The number of amides is 1. The normalized spacial score (nSPS) is 15.5. The maximum absolute atomic E-state index is 13.0. The first kappa shape index (κ1) is 14.1. The van der Waals surface area contributed by atoms with Crippen LogP contribution in [0.5, 0.6) is 11.5 Å². The molecule has 1 heterocycles. The average Bonchev–Trinajstić information content (AvgIpc) is 3.29. The first-order chi connectivity index (χ1) is 11.2. The molecule has 118 valence electrons. The van der Waals surface area contributed by atoms with Gasteiger partial charge in [-0.15, -0.1) is 0 Å². The van der Waals surface area contributed by atoms with E-state index in [2.05, 4.69) is 0 Å². The second kappa shape index (κ2) is 5.61. The van der Waals surface area contributed by atoms with E-state index in [0.29, 0.717) is 12.6 Å². The second-order valence-corrected chi connectivity index (χ2v) is 6.17. The van der Waals surface area contributed by atoms with Crippen molar-refractivity contribution in [3.8, 4) is 11.5 Å². The Morgan fingerprint density at radius 1 is 1.13 bits per heavy atom. The maximum atomic E-state index is 13.0. The monoisotopic (exact) mass is 309 g/mol. The molecule has 4 heteroatoms. The molecule has 1 aliphatic carbocycles. The SMILES string of the molecule is Cc1ccccc1C(=O)N(Cc1ccc2c(c1)OCO2)C1CC1. The molecule has 23 heavy (non-hydrogen) atoms. The summed E-state index contributed by atoms with van der Waals surface area (Å²) in [7, 11) is 0. The van der Waals surface area contributed by atoms with Crippen LogP contribution in [-0.4, -0.2) is 23.6 Å². The summed E-state index contributed by atoms with van der Waals surface area (Å²) in [6.45, 7) is 2.86. The third-order valence-electron chi connectivity index (χ3n) is 4.41. The van der Waals surface area contributed by atoms with Gasteiger partial charge in [0.25, 0.3) is 5.91 Å². The summed E-state index contributed by atoms with van der Waals surface area (Å²) in [5.74, 6) is 1.65. The van der Waals surface area contributed by atoms with Gasteiger partial charge in [-0.3, -0.25) is 4.79 Å². The van der Waals surface area contributed by atoms with Crippen molar-refractivity contribution in [1.82, 2.24) is 4.90 Å². The highest BCUT2D eigenvalue weighted by Crippen LogP contribution is 2.35. The Bertz CT molecular complexity index is 752. The van der Waals surface area contributed by atoms with Gasteiger partial charge in [-0.1, -0.05) is 24.3 Å². The van der Waals surface area contributed by atoms with E-state index in [4.69, 9.17) is 9.47 Å². The molecule has 2 aromatic carbocycles. The van der Waals surface area contributed by atoms with Crippen molar-refractivity contribution in [2.24, 2.45) is 0 Å². The molecule has 1 saturated carbocycles. The Hall–Kier alpha value is -2.49. The van der Waals surface area contributed by atoms with Gasteiger partial charge in [0.2, 0.25) is 6.79 Å². The zero-order chi connectivity index (χ0) is 15.8. The first-order valence-corrected chi connectivity index (χ1v) is 7.97. The number of rotatable bonds is 4. The lowest BCUT2D eigenvalue weighted by molar-refractivity contribution is 0.0729. The average molecular weight is 309 g/mol. The topological polar surface area (TPSA) is 38.8 Å². The Morgan fingerprint density at radius 3 is 2.70 bits per heavy atom. The third-order valence-corrected chi connectivity index (χ3v) is 4.41. The number of ether oxygens (including phenoxy) is 2. The molecule has 2 aliphatic rings. The van der Waals surface area contributed by atoms with Crippen LogP contribution in [0.1, 0.15) is 34.3 Å². The van der Waals surface area contributed by atoms with E-state index in [-0.39, 0.29) is 12.7 Å². The van der Waals surface area contributed by atoms with E-state index in [9.17, 15) is 4.79 Å². The molecule has 0 radical (unpaired) electrons. The molecular weight excluding hydrogens is 290 g/mol. The van der Waals surface area contributed by atoms with Gasteiger partial charge in [0, 0.05) is 18.2 Å². The number of benzene rings is 2. The summed E-state index contributed by atoms with van der Waals surface area (Å²) in [4.78, 5) is 14.9. The minimum absolute atomic E-state index is 0.114. The highest BCUT2D eigenvalue weighted by Gasteiger charge is 2.33. The minimum atomic E-state index is 0.114. The molecule has 0 aromatic heterocycles. The van der Waals surface area contributed by atoms with Crippen LogP contribution in [0, 0.1) is 6.92 Å². The maximum Gasteiger partial charge on any atom is 0.254 e. The van der Waals surface area contributed by atoms with E-state index in [0.717, 1.165) is 41.0 Å². The number of carbonyl (C=O) groups excluding carboxylic acids is 1. The molecule has 1 fully saturated rings. The number of fused-ring (bicyclic) bond motifs is 1. The van der Waals surface area contributed by atoms with Crippen molar-refractivity contribution >= 4 is 5.91 Å². The van der Waals surface area contributed by atoms with Crippen LogP contribution < -0.4 is 9.47 Å². The largest absolute Gasteiger partial charge is 0.454 e. The molecule has 0 atom stereocenters. The summed E-state index contributed by atoms with van der Waals surface area (Å²) < 4.78 is 10.8. The zero-order valence-electron chi connectivity index (χ0n) is 13.1. The Kier molecular flexibility index (Phi) is 3.45. The summed E-state index contributed by atoms with van der Waals surface area (Å²) in [6, 6.07) is 14.0. The molecule has 4 rings (SSSR count). The van der Waals surface area contributed by atoms with E-state index in [1.54, 1.807) is 0 Å². The molecule has 0 unspecified atom stereocenters. The summed E-state index contributed by atoms with van der Waals surface area (Å²) >= 11 is 0. The highest BCUT2D eigenvalue weighted by molar-refractivity contribution is 5.96. The summed E-state index contributed by atoms with van der Waals surface area (Å²) in [5, 5.41) is 0. The fraction of sp³-hybridized carbons (Fsp3) is 0.316. The van der Waals surface area contributed by atoms with Gasteiger partial charge >= 0.3 is 0 Å². The lowest BCUT2D eigenvalue weighted by Crippen LogP contribution is -2.33. The Labute approximate surface area is 135 Å². The third kappa shape index (κ3) is 2.77. The predicted octanol–water partition coefficient (Wildman–Crippen LogP) is 3.53. The van der Waals surface area contributed by atoms with Crippen LogP contribution in [0.4, 0.5) is 0 Å². The number of hydrogen-bond acceptors (Lipinski definition) is 3. The predicted molar refractivity (Wildman–Crippen MR) is 86.6 cm³/mol. The van der Waals surface area contributed by atoms with Gasteiger partial charge in [-0.05, 0) is 49.1 Å². The molecule has 0 N–H and O–H groups in total. The van der Waals surface area contributed by atoms with Crippen LogP contribution in [-0.2, 0) is 6.54 Å². The van der Waals surface area contributed by atoms with Crippen LogP contribution in [0.3, 0.4) is 0 Å². The molecular formula is C19H19NO3. The van der Waals surface area contributed by atoms with E-state index >= 15 is 0 Å².